The summed E-state index contributed by atoms with van der Waals surface area (Å²) in [5.74, 6) is -1.15. The van der Waals surface area contributed by atoms with Gasteiger partial charge < -0.3 is 5.32 Å². The van der Waals surface area contributed by atoms with Gasteiger partial charge in [-0.1, -0.05) is 6.92 Å². The highest BCUT2D eigenvalue weighted by molar-refractivity contribution is 7.91. The molecule has 3 rings (SSSR count). The van der Waals surface area contributed by atoms with E-state index in [-0.39, 0.29) is 29.4 Å². The van der Waals surface area contributed by atoms with E-state index in [0.29, 0.717) is 18.4 Å². The largest absolute Gasteiger partial charge is 0.433 e. The van der Waals surface area contributed by atoms with Crippen LogP contribution in [0.3, 0.4) is 0 Å². The average molecular weight is 448 g/mol. The third-order valence-electron chi connectivity index (χ3n) is 4.87. The number of carbonyl (C=O) groups excluding carboxylic acids is 1. The number of rotatable bonds is 3. The molecule has 13 heteroatoms. The molecule has 164 valence electrons. The second-order valence-electron chi connectivity index (χ2n) is 6.99. The summed E-state index contributed by atoms with van der Waals surface area (Å²) in [5.41, 5.74) is -0.804. The van der Waals surface area contributed by atoms with Gasteiger partial charge in [-0.25, -0.2) is 23.5 Å². The zero-order chi connectivity index (χ0) is 22.4. The number of hydrogen-bond donors (Lipinski definition) is 2. The Morgan fingerprint density at radius 1 is 1.47 bits per heavy atom. The van der Waals surface area contributed by atoms with E-state index in [0.717, 1.165) is 10.9 Å². The summed E-state index contributed by atoms with van der Waals surface area (Å²) in [4.78, 5) is 16.2. The average Bonchev–Trinajstić information content (AvgIpc) is 3.19. The van der Waals surface area contributed by atoms with Crippen molar-refractivity contribution in [2.24, 2.45) is 9.50 Å². The number of urea groups is 1. The third kappa shape index (κ3) is 4.03. The number of alkyl halides is 3. The molecule has 2 amide bonds. The highest BCUT2D eigenvalue weighted by Gasteiger charge is 2.39. The first-order chi connectivity index (χ1) is 13.8. The molecule has 2 heterocycles. The minimum Gasteiger partial charge on any atom is -0.305 e. The van der Waals surface area contributed by atoms with Gasteiger partial charge in [-0.3, -0.25) is 4.68 Å². The maximum atomic E-state index is 14.0. The fourth-order valence-electron chi connectivity index (χ4n) is 3.44. The number of aromatic nitrogens is 3. The lowest BCUT2D eigenvalue weighted by atomic mass is 9.99. The zero-order valence-corrected chi connectivity index (χ0v) is 17.2. The zero-order valence-electron chi connectivity index (χ0n) is 16.4. The molecule has 2 atom stereocenters. The standard InChI is InChI=1S/C17H20F4N6O2S/c1-4-27-7-10(18)15(25-27)30(22,29)26-16(28)24-13-9(3)14(17(19,20)21)23-11-6-5-8(2)12(11)13/h7-8H,4-6H2,1-3H3,(H3,22,23,24,26,28,29). The van der Waals surface area contributed by atoms with Gasteiger partial charge in [0.1, 0.15) is 5.69 Å². The maximum absolute atomic E-state index is 14.0. The Kier molecular flexibility index (Phi) is 5.62. The SMILES string of the molecule is CCn1cc(F)c(S(N)(=O)=NC(=O)Nc2c(C)c(C(F)(F)F)nc3c2C(C)CC3)n1. The Bertz CT molecular complexity index is 1130. The topological polar surface area (TPSA) is 115 Å². The summed E-state index contributed by atoms with van der Waals surface area (Å²) in [6.07, 6.45) is -2.88. The molecule has 0 fully saturated rings. The summed E-state index contributed by atoms with van der Waals surface area (Å²) in [6, 6.07) is -1.27. The van der Waals surface area contributed by atoms with E-state index in [4.69, 9.17) is 5.14 Å². The lowest BCUT2D eigenvalue weighted by Gasteiger charge is -2.19. The van der Waals surface area contributed by atoms with Crippen molar-refractivity contribution in [1.29, 1.82) is 0 Å². The van der Waals surface area contributed by atoms with Gasteiger partial charge in [-0.05, 0) is 32.6 Å². The van der Waals surface area contributed by atoms with Crippen LogP contribution in [0.5, 0.6) is 0 Å². The minimum absolute atomic E-state index is 0.0964. The first-order valence-corrected chi connectivity index (χ1v) is 10.6. The molecule has 2 aromatic rings. The molecule has 2 unspecified atom stereocenters. The van der Waals surface area contributed by atoms with Gasteiger partial charge in [0.15, 0.2) is 15.7 Å². The Balaban J connectivity index is 2.05. The molecule has 30 heavy (non-hydrogen) atoms. The van der Waals surface area contributed by atoms with Crippen LogP contribution in [0, 0.1) is 12.7 Å². The van der Waals surface area contributed by atoms with Crippen molar-refractivity contribution in [2.75, 3.05) is 5.32 Å². The van der Waals surface area contributed by atoms with Crippen molar-refractivity contribution >= 4 is 21.6 Å². The van der Waals surface area contributed by atoms with Crippen LogP contribution in [0.1, 0.15) is 48.7 Å². The normalized spacial score (nSPS) is 18.1. The van der Waals surface area contributed by atoms with Crippen LogP contribution in [0.4, 0.5) is 28.0 Å². The number of nitrogens with two attached hydrogens (primary N) is 1. The predicted octanol–water partition coefficient (Wildman–Crippen LogP) is 3.75. The van der Waals surface area contributed by atoms with E-state index in [1.54, 1.807) is 13.8 Å². The predicted molar refractivity (Wildman–Crippen MR) is 101 cm³/mol. The first-order valence-electron chi connectivity index (χ1n) is 9.04. The van der Waals surface area contributed by atoms with Crippen LogP contribution in [-0.2, 0) is 29.1 Å². The number of hydrogen-bond acceptors (Lipinski definition) is 4. The summed E-state index contributed by atoms with van der Waals surface area (Å²) >= 11 is 0. The van der Waals surface area contributed by atoms with Crippen LogP contribution < -0.4 is 10.5 Å². The van der Waals surface area contributed by atoms with Crippen molar-refractivity contribution in [3.63, 3.8) is 0 Å². The molecule has 0 radical (unpaired) electrons. The van der Waals surface area contributed by atoms with Crippen molar-refractivity contribution < 1.29 is 26.6 Å². The number of aryl methyl sites for hydroxylation is 2. The first kappa shape index (κ1) is 22.2. The molecule has 2 aromatic heterocycles. The van der Waals surface area contributed by atoms with E-state index in [2.05, 4.69) is 19.8 Å². The molecular formula is C17H20F4N6O2S. The number of halogens is 4. The van der Waals surface area contributed by atoms with E-state index in [1.807, 2.05) is 0 Å². The Morgan fingerprint density at radius 3 is 2.70 bits per heavy atom. The maximum Gasteiger partial charge on any atom is 0.433 e. The van der Waals surface area contributed by atoms with Crippen LogP contribution in [-0.4, -0.2) is 25.0 Å². The van der Waals surface area contributed by atoms with Crippen LogP contribution in [0.15, 0.2) is 15.6 Å². The van der Waals surface area contributed by atoms with Crippen molar-refractivity contribution in [3.8, 4) is 0 Å². The van der Waals surface area contributed by atoms with E-state index < -0.39 is 38.7 Å². The summed E-state index contributed by atoms with van der Waals surface area (Å²) in [5, 5.41) is 10.8. The van der Waals surface area contributed by atoms with Crippen molar-refractivity contribution in [3.05, 3.63) is 34.5 Å². The highest BCUT2D eigenvalue weighted by Crippen LogP contribution is 2.43. The van der Waals surface area contributed by atoms with Crippen molar-refractivity contribution in [1.82, 2.24) is 14.8 Å². The van der Waals surface area contributed by atoms with Gasteiger partial charge >= 0.3 is 12.2 Å². The number of nitrogens with zero attached hydrogens (tertiary/aromatic N) is 4. The number of anilines is 1. The summed E-state index contributed by atoms with van der Waals surface area (Å²) < 4.78 is 71.2. The molecule has 3 N–H and O–H groups in total. The summed E-state index contributed by atoms with van der Waals surface area (Å²) in [6.45, 7) is 4.90. The molecule has 0 saturated heterocycles. The monoisotopic (exact) mass is 448 g/mol. The van der Waals surface area contributed by atoms with Crippen LogP contribution in [0.25, 0.3) is 0 Å². The lowest BCUT2D eigenvalue weighted by molar-refractivity contribution is -0.141. The van der Waals surface area contributed by atoms with Gasteiger partial charge in [-0.2, -0.15) is 18.3 Å². The van der Waals surface area contributed by atoms with Gasteiger partial charge in [0, 0.05) is 23.4 Å². The Hall–Kier alpha value is -2.54. The van der Waals surface area contributed by atoms with E-state index in [1.165, 1.54) is 6.92 Å². The van der Waals surface area contributed by atoms with Gasteiger partial charge in [0.2, 0.25) is 5.03 Å². The highest BCUT2D eigenvalue weighted by atomic mass is 32.2. The fourth-order valence-corrected chi connectivity index (χ4v) is 4.37. The smallest absolute Gasteiger partial charge is 0.305 e. The molecule has 0 aliphatic heterocycles. The third-order valence-corrected chi connectivity index (χ3v) is 6.14. The number of fused-ring (bicyclic) bond motifs is 1. The van der Waals surface area contributed by atoms with E-state index >= 15 is 0 Å². The molecule has 0 spiro atoms. The van der Waals surface area contributed by atoms with Gasteiger partial charge in [0.05, 0.1) is 11.9 Å². The molecule has 0 bridgehead atoms. The molecule has 0 saturated carbocycles. The number of nitrogens with one attached hydrogen (secondary N) is 1. The quantitative estimate of drug-likeness (QED) is 0.696. The molecule has 1 aliphatic carbocycles. The number of amides is 2. The lowest BCUT2D eigenvalue weighted by Crippen LogP contribution is -2.21. The molecule has 8 nitrogen and oxygen atoms in total. The van der Waals surface area contributed by atoms with E-state index in [9.17, 15) is 26.6 Å². The van der Waals surface area contributed by atoms with Crippen LogP contribution >= 0.6 is 0 Å². The number of pyridine rings is 1. The fraction of sp³-hybridized carbons (Fsp3) is 0.471. The minimum atomic E-state index is -4.72. The second-order valence-corrected chi connectivity index (χ2v) is 8.69. The Morgan fingerprint density at radius 2 is 2.13 bits per heavy atom. The molecular weight excluding hydrogens is 428 g/mol. The summed E-state index contributed by atoms with van der Waals surface area (Å²) in [7, 11) is -4.06. The van der Waals surface area contributed by atoms with Crippen LogP contribution in [0.2, 0.25) is 0 Å². The second kappa shape index (κ2) is 7.61. The van der Waals surface area contributed by atoms with Gasteiger partial charge in [-0.15, -0.1) is 4.36 Å². The molecule has 1 aliphatic rings. The Labute approximate surface area is 170 Å². The molecule has 0 aromatic carbocycles. The van der Waals surface area contributed by atoms with Gasteiger partial charge in [0.25, 0.3) is 0 Å². The van der Waals surface area contributed by atoms with Crippen molar-refractivity contribution in [2.45, 2.75) is 57.3 Å². The number of carbonyl (C=O) groups is 1.